The van der Waals surface area contributed by atoms with Crippen LogP contribution in [0.3, 0.4) is 0 Å². The van der Waals surface area contributed by atoms with E-state index in [1.165, 1.54) is 11.3 Å². The molecular formula is C17H27BrN2O. The van der Waals surface area contributed by atoms with Crippen molar-refractivity contribution in [1.29, 1.82) is 0 Å². The molecule has 0 amide bonds. The molecule has 21 heavy (non-hydrogen) atoms. The third-order valence-corrected chi connectivity index (χ3v) is 4.64. The predicted octanol–water partition coefficient (Wildman–Crippen LogP) is 3.69. The van der Waals surface area contributed by atoms with Crippen LogP contribution in [0.1, 0.15) is 45.6 Å². The topological polar surface area (TPSA) is 35.5 Å². The highest BCUT2D eigenvalue weighted by atomic mass is 79.9. The summed E-state index contributed by atoms with van der Waals surface area (Å²) in [6.45, 7) is 9.11. The van der Waals surface area contributed by atoms with Crippen molar-refractivity contribution in [3.05, 3.63) is 28.2 Å². The van der Waals surface area contributed by atoms with E-state index < -0.39 is 5.60 Å². The normalized spacial score (nSPS) is 23.4. The van der Waals surface area contributed by atoms with Gasteiger partial charge in [0.2, 0.25) is 0 Å². The van der Waals surface area contributed by atoms with Gasteiger partial charge in [-0.25, -0.2) is 0 Å². The van der Waals surface area contributed by atoms with E-state index in [1.54, 1.807) is 0 Å². The summed E-state index contributed by atoms with van der Waals surface area (Å²) in [6.07, 6.45) is 2.76. The molecule has 3 nitrogen and oxygen atoms in total. The molecule has 1 unspecified atom stereocenters. The molecule has 4 heteroatoms. The van der Waals surface area contributed by atoms with Crippen LogP contribution >= 0.6 is 15.9 Å². The average molecular weight is 355 g/mol. The van der Waals surface area contributed by atoms with E-state index in [2.05, 4.69) is 58.2 Å². The van der Waals surface area contributed by atoms with Crippen LogP contribution in [-0.2, 0) is 6.54 Å². The zero-order chi connectivity index (χ0) is 15.5. The van der Waals surface area contributed by atoms with Crippen molar-refractivity contribution in [2.45, 2.75) is 58.2 Å². The number of nitrogens with zero attached hydrogens (tertiary/aromatic N) is 1. The van der Waals surface area contributed by atoms with Gasteiger partial charge < -0.3 is 15.3 Å². The summed E-state index contributed by atoms with van der Waals surface area (Å²) in [5.41, 5.74) is 2.10. The fourth-order valence-electron chi connectivity index (χ4n) is 2.82. The molecule has 1 heterocycles. The summed E-state index contributed by atoms with van der Waals surface area (Å²) >= 11 is 3.57. The minimum absolute atomic E-state index is 0.474. The van der Waals surface area contributed by atoms with Gasteiger partial charge in [0.1, 0.15) is 0 Å². The fraction of sp³-hybridized carbons (Fsp3) is 0.647. The zero-order valence-corrected chi connectivity index (χ0v) is 14.9. The first kappa shape index (κ1) is 16.8. The second-order valence-electron chi connectivity index (χ2n) is 6.65. The number of benzene rings is 1. The molecule has 0 radical (unpaired) electrons. The first-order chi connectivity index (χ1) is 9.87. The summed E-state index contributed by atoms with van der Waals surface area (Å²) in [4.78, 5) is 2.42. The molecule has 1 aromatic carbocycles. The van der Waals surface area contributed by atoms with Crippen LogP contribution in [0.4, 0.5) is 5.69 Å². The average Bonchev–Trinajstić information content (AvgIpc) is 2.57. The smallest absolute Gasteiger partial charge is 0.0637 e. The van der Waals surface area contributed by atoms with Gasteiger partial charge in [0.15, 0.2) is 0 Å². The molecule has 0 aliphatic carbocycles. The number of rotatable bonds is 4. The lowest BCUT2D eigenvalue weighted by atomic mass is 9.98. The fourth-order valence-corrected chi connectivity index (χ4v) is 3.23. The van der Waals surface area contributed by atoms with Gasteiger partial charge in [0.05, 0.1) is 5.60 Å². The summed E-state index contributed by atoms with van der Waals surface area (Å²) in [6, 6.07) is 6.98. The van der Waals surface area contributed by atoms with Crippen molar-refractivity contribution in [3.63, 3.8) is 0 Å². The second-order valence-corrected chi connectivity index (χ2v) is 7.56. The van der Waals surface area contributed by atoms with E-state index in [9.17, 15) is 5.11 Å². The molecular weight excluding hydrogens is 328 g/mol. The molecule has 118 valence electrons. The van der Waals surface area contributed by atoms with E-state index in [0.717, 1.165) is 43.4 Å². The van der Waals surface area contributed by atoms with Gasteiger partial charge >= 0.3 is 0 Å². The first-order valence-corrected chi connectivity index (χ1v) is 8.66. The maximum Gasteiger partial charge on any atom is 0.0637 e. The number of aliphatic hydroxyl groups is 1. The van der Waals surface area contributed by atoms with Crippen LogP contribution in [0.25, 0.3) is 0 Å². The standard InChI is InChI=1S/C17H27BrN2O/c1-13(2)19-12-14-11-15(18)5-6-16(14)20-9-4-7-17(3,21)8-10-20/h5-6,11,13,19,21H,4,7-10,12H2,1-3H3. The molecule has 1 aliphatic rings. The number of hydrogen-bond acceptors (Lipinski definition) is 3. The van der Waals surface area contributed by atoms with Crippen LogP contribution < -0.4 is 10.2 Å². The molecule has 1 saturated heterocycles. The number of nitrogens with one attached hydrogen (secondary N) is 1. The van der Waals surface area contributed by atoms with Crippen molar-refractivity contribution in [1.82, 2.24) is 5.32 Å². The Morgan fingerprint density at radius 2 is 2.10 bits per heavy atom. The van der Waals surface area contributed by atoms with Crippen LogP contribution in [0, 0.1) is 0 Å². The molecule has 0 saturated carbocycles. The highest BCUT2D eigenvalue weighted by Gasteiger charge is 2.25. The molecule has 2 rings (SSSR count). The van der Waals surface area contributed by atoms with Crippen molar-refractivity contribution < 1.29 is 5.11 Å². The third-order valence-electron chi connectivity index (χ3n) is 4.15. The Hall–Kier alpha value is -0.580. The Balaban J connectivity index is 2.17. The number of hydrogen-bond donors (Lipinski definition) is 2. The molecule has 2 N–H and O–H groups in total. The Morgan fingerprint density at radius 1 is 1.33 bits per heavy atom. The summed E-state index contributed by atoms with van der Waals surface area (Å²) < 4.78 is 1.12. The van der Waals surface area contributed by atoms with E-state index in [-0.39, 0.29) is 0 Å². The minimum atomic E-state index is -0.513. The lowest BCUT2D eigenvalue weighted by molar-refractivity contribution is 0.0481. The van der Waals surface area contributed by atoms with Gasteiger partial charge in [-0.3, -0.25) is 0 Å². The van der Waals surface area contributed by atoms with E-state index in [1.807, 2.05) is 6.92 Å². The monoisotopic (exact) mass is 354 g/mol. The van der Waals surface area contributed by atoms with Crippen LogP contribution in [-0.4, -0.2) is 29.8 Å². The number of halogens is 1. The van der Waals surface area contributed by atoms with Gasteiger partial charge in [0, 0.05) is 35.8 Å². The van der Waals surface area contributed by atoms with E-state index in [4.69, 9.17) is 0 Å². The van der Waals surface area contributed by atoms with Crippen LogP contribution in [0.2, 0.25) is 0 Å². The Kier molecular flexibility index (Phi) is 5.69. The van der Waals surface area contributed by atoms with Crippen molar-refractivity contribution in [2.75, 3.05) is 18.0 Å². The predicted molar refractivity (Wildman–Crippen MR) is 92.8 cm³/mol. The lowest BCUT2D eigenvalue weighted by Crippen LogP contribution is -2.30. The number of anilines is 1. The summed E-state index contributed by atoms with van der Waals surface area (Å²) in [7, 11) is 0. The highest BCUT2D eigenvalue weighted by molar-refractivity contribution is 9.10. The Morgan fingerprint density at radius 3 is 2.81 bits per heavy atom. The molecule has 0 bridgehead atoms. The van der Waals surface area contributed by atoms with Crippen LogP contribution in [0.5, 0.6) is 0 Å². The lowest BCUT2D eigenvalue weighted by Gasteiger charge is -2.27. The molecule has 0 spiro atoms. The quantitative estimate of drug-likeness (QED) is 0.865. The Labute approximate surface area is 136 Å². The van der Waals surface area contributed by atoms with Gasteiger partial charge in [-0.05, 0) is 49.9 Å². The van der Waals surface area contributed by atoms with Gasteiger partial charge in [-0.2, -0.15) is 0 Å². The molecule has 1 fully saturated rings. The molecule has 1 aliphatic heterocycles. The molecule has 0 aromatic heterocycles. The first-order valence-electron chi connectivity index (χ1n) is 7.86. The Bertz CT molecular complexity index is 474. The van der Waals surface area contributed by atoms with Crippen LogP contribution in [0.15, 0.2) is 22.7 Å². The van der Waals surface area contributed by atoms with Crippen molar-refractivity contribution in [2.24, 2.45) is 0 Å². The minimum Gasteiger partial charge on any atom is -0.390 e. The molecule has 1 atom stereocenters. The zero-order valence-electron chi connectivity index (χ0n) is 13.3. The van der Waals surface area contributed by atoms with Gasteiger partial charge in [-0.15, -0.1) is 0 Å². The third kappa shape index (κ3) is 4.97. The largest absolute Gasteiger partial charge is 0.390 e. The van der Waals surface area contributed by atoms with Gasteiger partial charge in [0.25, 0.3) is 0 Å². The van der Waals surface area contributed by atoms with Gasteiger partial charge in [-0.1, -0.05) is 29.8 Å². The maximum absolute atomic E-state index is 10.3. The SMILES string of the molecule is CC(C)NCc1cc(Br)ccc1N1CCCC(C)(O)CC1. The van der Waals surface area contributed by atoms with E-state index >= 15 is 0 Å². The summed E-state index contributed by atoms with van der Waals surface area (Å²) in [5.74, 6) is 0. The van der Waals surface area contributed by atoms with Crippen molar-refractivity contribution >= 4 is 21.6 Å². The summed E-state index contributed by atoms with van der Waals surface area (Å²) in [5, 5.41) is 13.8. The molecule has 1 aromatic rings. The van der Waals surface area contributed by atoms with Crippen molar-refractivity contribution in [3.8, 4) is 0 Å². The maximum atomic E-state index is 10.3. The second kappa shape index (κ2) is 7.12. The highest BCUT2D eigenvalue weighted by Crippen LogP contribution is 2.29. The van der Waals surface area contributed by atoms with E-state index in [0.29, 0.717) is 6.04 Å².